The number of hydrogen-bond acceptors (Lipinski definition) is 8. The van der Waals surface area contributed by atoms with E-state index in [-0.39, 0.29) is 18.0 Å². The molecule has 9 nitrogen and oxygen atoms in total. The van der Waals surface area contributed by atoms with Crippen molar-refractivity contribution < 1.29 is 5.11 Å². The molecule has 166 valence electrons. The van der Waals surface area contributed by atoms with Crippen LogP contribution < -0.4 is 5.73 Å². The van der Waals surface area contributed by atoms with Crippen LogP contribution in [0.15, 0.2) is 48.5 Å². The minimum atomic E-state index is -0.287. The maximum Gasteiger partial charge on any atom is 0.221 e. The van der Waals surface area contributed by atoms with E-state index in [1.54, 1.807) is 28.9 Å². The summed E-state index contributed by atoms with van der Waals surface area (Å²) in [5, 5.41) is 27.8. The molecule has 0 amide bonds. The molecule has 33 heavy (non-hydrogen) atoms. The highest BCUT2D eigenvalue weighted by atomic mass is 16.3. The van der Waals surface area contributed by atoms with E-state index in [9.17, 15) is 10.4 Å². The number of aliphatic hydroxyl groups is 1. The van der Waals surface area contributed by atoms with Crippen molar-refractivity contribution in [1.82, 2.24) is 29.9 Å². The van der Waals surface area contributed by atoms with Gasteiger partial charge in [0.25, 0.3) is 0 Å². The molecule has 0 atom stereocenters. The Bertz CT molecular complexity index is 1350. The number of nitriles is 1. The minimum absolute atomic E-state index is 0.0582. The van der Waals surface area contributed by atoms with E-state index in [1.807, 2.05) is 24.3 Å². The van der Waals surface area contributed by atoms with Gasteiger partial charge in [-0.3, -0.25) is 4.98 Å². The quantitative estimate of drug-likeness (QED) is 0.482. The van der Waals surface area contributed by atoms with Crippen molar-refractivity contribution in [2.24, 2.45) is 0 Å². The third-order valence-electron chi connectivity index (χ3n) is 5.15. The summed E-state index contributed by atoms with van der Waals surface area (Å²) in [6, 6.07) is 16.8. The van der Waals surface area contributed by atoms with Crippen molar-refractivity contribution in [3.63, 3.8) is 0 Å². The van der Waals surface area contributed by atoms with Crippen molar-refractivity contribution in [1.29, 1.82) is 5.26 Å². The number of aromatic nitrogens is 6. The highest BCUT2D eigenvalue weighted by Gasteiger charge is 2.19. The smallest absolute Gasteiger partial charge is 0.221 e. The van der Waals surface area contributed by atoms with Crippen molar-refractivity contribution >= 4 is 5.95 Å². The van der Waals surface area contributed by atoms with Gasteiger partial charge >= 0.3 is 0 Å². The topological polar surface area (TPSA) is 139 Å². The van der Waals surface area contributed by atoms with Crippen LogP contribution in [0.1, 0.15) is 43.4 Å². The molecule has 1 aromatic carbocycles. The maximum absolute atomic E-state index is 10.1. The normalized spacial score (nSPS) is 11.4. The Morgan fingerprint density at radius 2 is 1.79 bits per heavy atom. The number of benzene rings is 1. The van der Waals surface area contributed by atoms with E-state index in [2.05, 4.69) is 47.1 Å². The molecule has 0 spiro atoms. The zero-order valence-corrected chi connectivity index (χ0v) is 18.7. The van der Waals surface area contributed by atoms with Crippen LogP contribution in [0, 0.1) is 11.3 Å². The molecule has 0 unspecified atom stereocenters. The Kier molecular flexibility index (Phi) is 5.85. The fraction of sp³-hybridized carbons (Fsp3) is 0.250. The van der Waals surface area contributed by atoms with Gasteiger partial charge in [-0.2, -0.15) is 5.26 Å². The third kappa shape index (κ3) is 4.71. The van der Waals surface area contributed by atoms with Crippen LogP contribution in [0.2, 0.25) is 0 Å². The molecule has 9 heteroatoms. The predicted octanol–water partition coefficient (Wildman–Crippen LogP) is 3.09. The number of nitrogen functional groups attached to an aromatic ring is 1. The summed E-state index contributed by atoms with van der Waals surface area (Å²) in [6.45, 7) is 6.38. The van der Waals surface area contributed by atoms with Gasteiger partial charge in [0.1, 0.15) is 5.69 Å². The highest BCUT2D eigenvalue weighted by molar-refractivity contribution is 5.69. The number of hydrogen-bond donors (Lipinski definition) is 2. The summed E-state index contributed by atoms with van der Waals surface area (Å²) in [4.78, 5) is 13.3. The van der Waals surface area contributed by atoms with Gasteiger partial charge in [-0.15, -0.1) is 5.10 Å². The Morgan fingerprint density at radius 1 is 1.03 bits per heavy atom. The van der Waals surface area contributed by atoms with Crippen molar-refractivity contribution in [3.8, 4) is 28.7 Å². The standard InChI is InChI=1S/C24H24N8O/c1-24(2,3)21-9-5-8-17(27-21)13-32-20(14-33)22(30-31-32)19-11-18(28-23(26)29-19)16-7-4-6-15(10-16)12-25/h4-11,33H,13-14H2,1-3H3,(H2,26,28,29). The summed E-state index contributed by atoms with van der Waals surface area (Å²) in [7, 11) is 0. The van der Waals surface area contributed by atoms with Crippen LogP contribution in [0.4, 0.5) is 5.95 Å². The van der Waals surface area contributed by atoms with E-state index >= 15 is 0 Å². The Morgan fingerprint density at radius 3 is 2.52 bits per heavy atom. The summed E-state index contributed by atoms with van der Waals surface area (Å²) in [6.07, 6.45) is 0. The first-order valence-corrected chi connectivity index (χ1v) is 10.4. The van der Waals surface area contributed by atoms with E-state index in [0.29, 0.717) is 34.9 Å². The SMILES string of the molecule is CC(C)(C)c1cccc(Cn2nnc(-c3cc(-c4cccc(C#N)c4)nc(N)n3)c2CO)n1. The molecule has 3 aromatic heterocycles. The van der Waals surface area contributed by atoms with E-state index in [1.165, 1.54) is 0 Å². The molecule has 0 saturated carbocycles. The molecule has 0 aliphatic rings. The number of aliphatic hydroxyl groups excluding tert-OH is 1. The molecule has 0 aliphatic carbocycles. The van der Waals surface area contributed by atoms with Gasteiger partial charge < -0.3 is 10.8 Å². The number of nitrogens with two attached hydrogens (primary N) is 1. The van der Waals surface area contributed by atoms with Crippen LogP contribution in [-0.4, -0.2) is 35.1 Å². The number of anilines is 1. The lowest BCUT2D eigenvalue weighted by Gasteiger charge is -2.18. The van der Waals surface area contributed by atoms with Crippen LogP contribution in [0.5, 0.6) is 0 Å². The molecular weight excluding hydrogens is 416 g/mol. The molecule has 3 heterocycles. The van der Waals surface area contributed by atoms with Gasteiger partial charge in [-0.25, -0.2) is 14.6 Å². The van der Waals surface area contributed by atoms with Gasteiger partial charge in [-0.1, -0.05) is 44.2 Å². The first-order chi connectivity index (χ1) is 15.8. The van der Waals surface area contributed by atoms with Crippen LogP contribution in [0.25, 0.3) is 22.6 Å². The van der Waals surface area contributed by atoms with Gasteiger partial charge in [0.15, 0.2) is 0 Å². The second kappa shape index (κ2) is 8.76. The van der Waals surface area contributed by atoms with Gasteiger partial charge in [-0.05, 0) is 30.3 Å². The second-order valence-corrected chi connectivity index (χ2v) is 8.65. The van der Waals surface area contributed by atoms with Gasteiger partial charge in [0.05, 0.1) is 47.6 Å². The fourth-order valence-electron chi connectivity index (χ4n) is 3.44. The maximum atomic E-state index is 10.1. The predicted molar refractivity (Wildman–Crippen MR) is 124 cm³/mol. The fourth-order valence-corrected chi connectivity index (χ4v) is 3.44. The Balaban J connectivity index is 1.72. The number of rotatable bonds is 5. The van der Waals surface area contributed by atoms with Gasteiger partial charge in [0.2, 0.25) is 5.95 Å². The highest BCUT2D eigenvalue weighted by Crippen LogP contribution is 2.27. The Labute approximate surface area is 191 Å². The lowest BCUT2D eigenvalue weighted by Crippen LogP contribution is -2.16. The molecule has 4 rings (SSSR count). The minimum Gasteiger partial charge on any atom is -0.390 e. The summed E-state index contributed by atoms with van der Waals surface area (Å²) in [5.41, 5.74) is 10.8. The number of pyridine rings is 1. The molecule has 0 aliphatic heterocycles. The third-order valence-corrected chi connectivity index (χ3v) is 5.15. The van der Waals surface area contributed by atoms with Gasteiger partial charge in [0, 0.05) is 16.7 Å². The molecule has 0 radical (unpaired) electrons. The van der Waals surface area contributed by atoms with Crippen LogP contribution >= 0.6 is 0 Å². The van der Waals surface area contributed by atoms with Crippen LogP contribution in [-0.2, 0) is 18.6 Å². The van der Waals surface area contributed by atoms with Crippen molar-refractivity contribution in [2.75, 3.05) is 5.73 Å². The molecule has 4 aromatic rings. The summed E-state index contributed by atoms with van der Waals surface area (Å²) in [5.74, 6) is 0.0582. The second-order valence-electron chi connectivity index (χ2n) is 8.65. The largest absolute Gasteiger partial charge is 0.390 e. The Hall–Kier alpha value is -4.16. The first kappa shape index (κ1) is 22.0. The van der Waals surface area contributed by atoms with E-state index < -0.39 is 0 Å². The molecule has 0 bridgehead atoms. The average molecular weight is 441 g/mol. The monoisotopic (exact) mass is 440 g/mol. The molecule has 3 N–H and O–H groups in total. The zero-order chi connectivity index (χ0) is 23.6. The lowest BCUT2D eigenvalue weighted by atomic mass is 9.91. The average Bonchev–Trinajstić information content (AvgIpc) is 3.20. The summed E-state index contributed by atoms with van der Waals surface area (Å²) < 4.78 is 1.61. The molecular formula is C24H24N8O. The molecule has 0 fully saturated rings. The van der Waals surface area contributed by atoms with Crippen molar-refractivity contribution in [3.05, 3.63) is 71.2 Å². The first-order valence-electron chi connectivity index (χ1n) is 10.4. The van der Waals surface area contributed by atoms with E-state index in [0.717, 1.165) is 17.0 Å². The van der Waals surface area contributed by atoms with E-state index in [4.69, 9.17) is 10.7 Å². The zero-order valence-electron chi connectivity index (χ0n) is 18.7. The van der Waals surface area contributed by atoms with Crippen molar-refractivity contribution in [2.45, 2.75) is 39.3 Å². The van der Waals surface area contributed by atoms with Crippen LogP contribution in [0.3, 0.4) is 0 Å². The summed E-state index contributed by atoms with van der Waals surface area (Å²) >= 11 is 0. The lowest BCUT2D eigenvalue weighted by molar-refractivity contribution is 0.269. The molecule has 0 saturated heterocycles. The number of nitrogens with zero attached hydrogens (tertiary/aromatic N) is 7.